The van der Waals surface area contributed by atoms with Crippen molar-refractivity contribution in [3.63, 3.8) is 0 Å². The zero-order chi connectivity index (χ0) is 26.7. The molecule has 38 heavy (non-hydrogen) atoms. The molecule has 6 rings (SSSR count). The van der Waals surface area contributed by atoms with E-state index in [2.05, 4.69) is 15.9 Å². The summed E-state index contributed by atoms with van der Waals surface area (Å²) < 4.78 is 52.5. The van der Waals surface area contributed by atoms with E-state index in [4.69, 9.17) is 9.47 Å². The highest BCUT2D eigenvalue weighted by Crippen LogP contribution is 2.59. The Bertz CT molecular complexity index is 1680. The summed E-state index contributed by atoms with van der Waals surface area (Å²) in [4.78, 5) is 1.39. The molecule has 0 saturated heterocycles. The standard InChI is InChI=1S/C29H25BrN2O5S/c1-3-19-11-9-18-26-27(19)32(22-14-6-7-16-24(22)36-26)29(4-2,38(33,34)35)31-21-13-5-8-17-25(21)37-28-20(30)12-10-15-23(28)31/h5-18H,3-4H2,1-2H3,(H,33,34,35). The Hall–Kier alpha value is -3.53. The zero-order valence-corrected chi connectivity index (χ0v) is 23.2. The lowest BCUT2D eigenvalue weighted by molar-refractivity contribution is 0.393. The fourth-order valence-electron chi connectivity index (χ4n) is 5.47. The van der Waals surface area contributed by atoms with Crippen molar-refractivity contribution in [3.8, 4) is 23.0 Å². The van der Waals surface area contributed by atoms with Gasteiger partial charge < -0.3 is 9.47 Å². The van der Waals surface area contributed by atoms with Crippen LogP contribution in [0.5, 0.6) is 23.0 Å². The highest BCUT2D eigenvalue weighted by atomic mass is 79.9. The van der Waals surface area contributed by atoms with Crippen LogP contribution in [0.4, 0.5) is 22.7 Å². The fraction of sp³-hybridized carbons (Fsp3) is 0.172. The van der Waals surface area contributed by atoms with Gasteiger partial charge in [0.05, 0.1) is 27.2 Å². The van der Waals surface area contributed by atoms with Crippen LogP contribution in [0.25, 0.3) is 0 Å². The minimum Gasteiger partial charge on any atom is -0.453 e. The topological polar surface area (TPSA) is 79.3 Å². The molecule has 1 unspecified atom stereocenters. The Morgan fingerprint density at radius 2 is 1.34 bits per heavy atom. The molecule has 0 spiro atoms. The van der Waals surface area contributed by atoms with Crippen LogP contribution in [0.3, 0.4) is 0 Å². The largest absolute Gasteiger partial charge is 0.453 e. The molecule has 0 radical (unpaired) electrons. The van der Waals surface area contributed by atoms with Gasteiger partial charge >= 0.3 is 10.1 Å². The van der Waals surface area contributed by atoms with Gasteiger partial charge in [0.2, 0.25) is 0 Å². The Morgan fingerprint density at radius 3 is 2.00 bits per heavy atom. The second-order valence-electron chi connectivity index (χ2n) is 9.09. The van der Waals surface area contributed by atoms with Crippen LogP contribution in [-0.4, -0.2) is 18.0 Å². The van der Waals surface area contributed by atoms with Gasteiger partial charge in [-0.05, 0) is 70.4 Å². The van der Waals surface area contributed by atoms with E-state index in [0.29, 0.717) is 56.6 Å². The van der Waals surface area contributed by atoms with E-state index >= 15 is 0 Å². The third-order valence-corrected chi connectivity index (χ3v) is 9.20. The van der Waals surface area contributed by atoms with Gasteiger partial charge in [-0.25, -0.2) is 0 Å². The van der Waals surface area contributed by atoms with Crippen molar-refractivity contribution in [1.82, 2.24) is 0 Å². The predicted octanol–water partition coefficient (Wildman–Crippen LogP) is 8.15. The minimum atomic E-state index is -4.86. The van der Waals surface area contributed by atoms with Gasteiger partial charge in [-0.15, -0.1) is 0 Å². The second kappa shape index (κ2) is 9.04. The average molecular weight is 593 g/mol. The number of hydrogen-bond acceptors (Lipinski definition) is 6. The molecule has 4 aromatic rings. The van der Waals surface area contributed by atoms with E-state index < -0.39 is 15.1 Å². The maximum Gasteiger partial charge on any atom is 0.309 e. The van der Waals surface area contributed by atoms with Gasteiger partial charge in [0.25, 0.3) is 4.99 Å². The first-order valence-electron chi connectivity index (χ1n) is 12.3. The number of nitrogens with zero attached hydrogens (tertiary/aromatic N) is 2. The summed E-state index contributed by atoms with van der Waals surface area (Å²) in [5.41, 5.74) is 3.01. The molecule has 7 nitrogen and oxygen atoms in total. The van der Waals surface area contributed by atoms with Crippen LogP contribution in [-0.2, 0) is 16.5 Å². The molecule has 194 valence electrons. The van der Waals surface area contributed by atoms with Crippen LogP contribution >= 0.6 is 15.9 Å². The van der Waals surface area contributed by atoms with Crippen molar-refractivity contribution in [3.05, 3.63) is 95.0 Å². The quantitative estimate of drug-likeness (QED) is 0.234. The monoisotopic (exact) mass is 592 g/mol. The van der Waals surface area contributed by atoms with Gasteiger partial charge in [0.1, 0.15) is 0 Å². The summed E-state index contributed by atoms with van der Waals surface area (Å²) in [6, 6.07) is 25.6. The van der Waals surface area contributed by atoms with Crippen molar-refractivity contribution >= 4 is 48.8 Å². The number of aryl methyl sites for hydroxylation is 1. The Balaban J connectivity index is 1.77. The average Bonchev–Trinajstić information content (AvgIpc) is 2.92. The van der Waals surface area contributed by atoms with Crippen molar-refractivity contribution < 1.29 is 22.4 Å². The number of para-hydroxylation sites is 6. The van der Waals surface area contributed by atoms with Crippen molar-refractivity contribution in [1.29, 1.82) is 0 Å². The zero-order valence-electron chi connectivity index (χ0n) is 20.8. The molecule has 0 aromatic heterocycles. The van der Waals surface area contributed by atoms with Crippen LogP contribution in [0, 0.1) is 0 Å². The van der Waals surface area contributed by atoms with Crippen LogP contribution in [0.2, 0.25) is 0 Å². The summed E-state index contributed by atoms with van der Waals surface area (Å²) in [5, 5.41) is 0. The Morgan fingerprint density at radius 1 is 0.763 bits per heavy atom. The SMILES string of the molecule is CCc1cccc2c1N(C(CC)(N1c3ccccc3Oc3c(Br)cccc31)S(=O)(=O)O)c1ccccc1O2. The number of halogens is 1. The summed E-state index contributed by atoms with van der Waals surface area (Å²) in [7, 11) is -4.86. The molecule has 4 aromatic carbocycles. The second-order valence-corrected chi connectivity index (χ2v) is 11.5. The number of fused-ring (bicyclic) bond motifs is 4. The highest BCUT2D eigenvalue weighted by Gasteiger charge is 2.58. The molecule has 2 aliphatic heterocycles. The molecule has 0 fully saturated rings. The summed E-state index contributed by atoms with van der Waals surface area (Å²) in [5.74, 6) is 1.93. The first kappa shape index (κ1) is 24.8. The number of rotatable bonds is 5. The predicted molar refractivity (Wildman–Crippen MR) is 152 cm³/mol. The number of hydrogen-bond donors (Lipinski definition) is 1. The number of ether oxygens (including phenoxy) is 2. The number of benzene rings is 4. The molecule has 0 bridgehead atoms. The normalized spacial score (nSPS) is 15.3. The first-order chi connectivity index (χ1) is 18.3. The summed E-state index contributed by atoms with van der Waals surface area (Å²) in [6.45, 7) is 3.77. The lowest BCUT2D eigenvalue weighted by Gasteiger charge is -2.52. The molecule has 2 aliphatic rings. The Labute approximate surface area is 230 Å². The fourth-order valence-corrected chi connectivity index (χ4v) is 7.12. The van der Waals surface area contributed by atoms with Crippen LogP contribution in [0.15, 0.2) is 89.4 Å². The minimum absolute atomic E-state index is 0.00204. The Kier molecular flexibility index (Phi) is 5.90. The third-order valence-electron chi connectivity index (χ3n) is 7.09. The van der Waals surface area contributed by atoms with Gasteiger partial charge in [-0.1, -0.05) is 56.3 Å². The van der Waals surface area contributed by atoms with Gasteiger partial charge in [-0.3, -0.25) is 14.4 Å². The van der Waals surface area contributed by atoms with E-state index in [0.717, 1.165) is 5.56 Å². The van der Waals surface area contributed by atoms with Gasteiger partial charge in [0, 0.05) is 6.42 Å². The van der Waals surface area contributed by atoms with Crippen LogP contribution in [0.1, 0.15) is 25.8 Å². The molecule has 0 saturated carbocycles. The van der Waals surface area contributed by atoms with E-state index in [-0.39, 0.29) is 6.42 Å². The molecular formula is C29H25BrN2O5S. The molecule has 1 atom stereocenters. The first-order valence-corrected chi connectivity index (χ1v) is 14.6. The smallest absolute Gasteiger partial charge is 0.309 e. The molecule has 1 N–H and O–H groups in total. The number of anilines is 4. The van der Waals surface area contributed by atoms with Gasteiger partial charge in [0.15, 0.2) is 23.0 Å². The summed E-state index contributed by atoms with van der Waals surface area (Å²) in [6.07, 6.45) is 0.621. The lowest BCUT2D eigenvalue weighted by Crippen LogP contribution is -2.63. The van der Waals surface area contributed by atoms with Crippen molar-refractivity contribution in [2.24, 2.45) is 0 Å². The van der Waals surface area contributed by atoms with E-state index in [9.17, 15) is 13.0 Å². The van der Waals surface area contributed by atoms with E-state index in [1.807, 2.05) is 67.6 Å². The molecular weight excluding hydrogens is 568 g/mol. The van der Waals surface area contributed by atoms with Gasteiger partial charge in [-0.2, -0.15) is 8.42 Å². The van der Waals surface area contributed by atoms with Crippen molar-refractivity contribution in [2.45, 2.75) is 31.7 Å². The molecule has 2 heterocycles. The summed E-state index contributed by atoms with van der Waals surface area (Å²) >= 11 is 3.57. The third kappa shape index (κ3) is 3.46. The maximum atomic E-state index is 14.0. The lowest BCUT2D eigenvalue weighted by atomic mass is 10.0. The van der Waals surface area contributed by atoms with E-state index in [1.165, 1.54) is 0 Å². The van der Waals surface area contributed by atoms with Crippen molar-refractivity contribution in [2.75, 3.05) is 9.80 Å². The molecule has 9 heteroatoms. The maximum absolute atomic E-state index is 14.0. The van der Waals surface area contributed by atoms with Crippen LogP contribution < -0.4 is 19.3 Å². The molecule has 0 aliphatic carbocycles. The van der Waals surface area contributed by atoms with E-state index in [1.54, 1.807) is 41.0 Å². The molecule has 0 amide bonds. The highest BCUT2D eigenvalue weighted by molar-refractivity contribution is 9.10.